The van der Waals surface area contributed by atoms with Crippen molar-refractivity contribution in [3.8, 4) is 0 Å². The first-order valence-electron chi connectivity index (χ1n) is 12.7. The van der Waals surface area contributed by atoms with Gasteiger partial charge in [0.25, 0.3) is 5.56 Å². The van der Waals surface area contributed by atoms with Gasteiger partial charge in [-0.05, 0) is 65.3 Å². The van der Waals surface area contributed by atoms with E-state index in [0.29, 0.717) is 19.1 Å². The molecule has 0 bridgehead atoms. The zero-order chi connectivity index (χ0) is 24.4. The van der Waals surface area contributed by atoms with E-state index in [4.69, 9.17) is 0 Å². The van der Waals surface area contributed by atoms with Gasteiger partial charge in [-0.25, -0.2) is 4.68 Å². The van der Waals surface area contributed by atoms with Crippen LogP contribution >= 0.6 is 0 Å². The van der Waals surface area contributed by atoms with Gasteiger partial charge >= 0.3 is 0 Å². The van der Waals surface area contributed by atoms with Crippen LogP contribution in [-0.4, -0.2) is 30.1 Å². The standard InChI is InChI=1S/C28H34N6O/c1-19(2)26(27-30-31-32-34(27)24-11-7-8-12-24)33(17-21-9-5-4-6-10-21)18-23-16-22-15-20(3)13-14-25(22)29-28(23)35/h4-6,9-10,13-16,19,24,26H,7-8,11-12,17-18H2,1-3H3,(H,29,35). The van der Waals surface area contributed by atoms with Gasteiger partial charge in [-0.2, -0.15) is 0 Å². The van der Waals surface area contributed by atoms with Gasteiger partial charge in [0.1, 0.15) is 0 Å². The van der Waals surface area contributed by atoms with Crippen molar-refractivity contribution in [1.82, 2.24) is 30.1 Å². The number of rotatable bonds is 8. The molecule has 0 saturated heterocycles. The van der Waals surface area contributed by atoms with Gasteiger partial charge in [-0.15, -0.1) is 5.10 Å². The second-order valence-electron chi connectivity index (χ2n) is 10.2. The summed E-state index contributed by atoms with van der Waals surface area (Å²) in [6, 6.07) is 18.9. The SMILES string of the molecule is Cc1ccc2[nH]c(=O)c(CN(Cc3ccccc3)C(c3nnnn3C3CCCC3)C(C)C)cc2c1. The van der Waals surface area contributed by atoms with Crippen LogP contribution in [0.25, 0.3) is 10.9 Å². The molecule has 1 aliphatic rings. The van der Waals surface area contributed by atoms with E-state index in [9.17, 15) is 4.79 Å². The van der Waals surface area contributed by atoms with Gasteiger partial charge in [0.05, 0.1) is 12.1 Å². The minimum atomic E-state index is -0.0442. The summed E-state index contributed by atoms with van der Waals surface area (Å²) in [6.07, 6.45) is 4.67. The summed E-state index contributed by atoms with van der Waals surface area (Å²) in [5, 5.41) is 14.1. The molecule has 0 amide bonds. The van der Waals surface area contributed by atoms with Crippen LogP contribution in [0.15, 0.2) is 59.4 Å². The number of hydrogen-bond acceptors (Lipinski definition) is 5. The number of aryl methyl sites for hydroxylation is 1. The van der Waals surface area contributed by atoms with Crippen molar-refractivity contribution in [2.75, 3.05) is 0 Å². The molecule has 4 aromatic rings. The molecule has 0 spiro atoms. The number of benzene rings is 2. The van der Waals surface area contributed by atoms with Crippen molar-refractivity contribution < 1.29 is 0 Å². The lowest BCUT2D eigenvalue weighted by Gasteiger charge is -2.34. The van der Waals surface area contributed by atoms with Crippen molar-refractivity contribution in [2.45, 2.75) is 71.6 Å². The first-order chi connectivity index (χ1) is 17.0. The second-order valence-corrected chi connectivity index (χ2v) is 10.2. The number of aromatic nitrogens is 5. The van der Waals surface area contributed by atoms with Gasteiger partial charge < -0.3 is 4.98 Å². The molecule has 0 aliphatic heterocycles. The Morgan fingerprint density at radius 3 is 2.57 bits per heavy atom. The monoisotopic (exact) mass is 470 g/mol. The quantitative estimate of drug-likeness (QED) is 0.376. The summed E-state index contributed by atoms with van der Waals surface area (Å²) in [5.74, 6) is 1.16. The van der Waals surface area contributed by atoms with E-state index in [0.717, 1.165) is 35.1 Å². The fourth-order valence-electron chi connectivity index (χ4n) is 5.47. The van der Waals surface area contributed by atoms with Crippen LogP contribution in [0, 0.1) is 12.8 Å². The molecule has 1 aliphatic carbocycles. The maximum absolute atomic E-state index is 13.1. The molecule has 2 aromatic heterocycles. The van der Waals surface area contributed by atoms with Crippen molar-refractivity contribution in [3.05, 3.63) is 87.5 Å². The summed E-state index contributed by atoms with van der Waals surface area (Å²) >= 11 is 0. The third-order valence-corrected chi connectivity index (χ3v) is 7.16. The predicted molar refractivity (Wildman–Crippen MR) is 138 cm³/mol. The highest BCUT2D eigenvalue weighted by Crippen LogP contribution is 2.35. The molecule has 5 rings (SSSR count). The molecule has 35 heavy (non-hydrogen) atoms. The third-order valence-electron chi connectivity index (χ3n) is 7.16. The molecule has 7 nitrogen and oxygen atoms in total. The topological polar surface area (TPSA) is 79.7 Å². The van der Waals surface area contributed by atoms with Crippen molar-refractivity contribution in [1.29, 1.82) is 0 Å². The van der Waals surface area contributed by atoms with Crippen LogP contribution in [0.2, 0.25) is 0 Å². The molecule has 1 N–H and O–H groups in total. The highest BCUT2D eigenvalue weighted by atomic mass is 16.1. The van der Waals surface area contributed by atoms with Crippen LogP contribution in [-0.2, 0) is 13.1 Å². The van der Waals surface area contributed by atoms with Crippen molar-refractivity contribution in [3.63, 3.8) is 0 Å². The lowest BCUT2D eigenvalue weighted by atomic mass is 9.99. The van der Waals surface area contributed by atoms with E-state index in [2.05, 4.69) is 81.2 Å². The smallest absolute Gasteiger partial charge is 0.252 e. The maximum Gasteiger partial charge on any atom is 0.252 e. The highest BCUT2D eigenvalue weighted by molar-refractivity contribution is 5.79. The van der Waals surface area contributed by atoms with Gasteiger partial charge in [0, 0.05) is 24.2 Å². The molecule has 0 radical (unpaired) electrons. The average Bonchev–Trinajstić information content (AvgIpc) is 3.52. The number of hydrogen-bond donors (Lipinski definition) is 1. The molecule has 2 aromatic carbocycles. The molecular weight excluding hydrogens is 436 g/mol. The summed E-state index contributed by atoms with van der Waals surface area (Å²) in [7, 11) is 0. The van der Waals surface area contributed by atoms with Gasteiger partial charge in [0.15, 0.2) is 5.82 Å². The lowest BCUT2D eigenvalue weighted by molar-refractivity contribution is 0.123. The molecule has 1 atom stereocenters. The van der Waals surface area contributed by atoms with Crippen LogP contribution in [0.5, 0.6) is 0 Å². The summed E-state index contributed by atoms with van der Waals surface area (Å²) < 4.78 is 2.06. The first kappa shape index (κ1) is 23.4. The summed E-state index contributed by atoms with van der Waals surface area (Å²) in [5.41, 5.74) is 3.95. The maximum atomic E-state index is 13.1. The largest absolute Gasteiger partial charge is 0.322 e. The summed E-state index contributed by atoms with van der Waals surface area (Å²) in [6.45, 7) is 7.71. The van der Waals surface area contributed by atoms with E-state index in [-0.39, 0.29) is 17.5 Å². The van der Waals surface area contributed by atoms with Crippen LogP contribution in [0.3, 0.4) is 0 Å². The van der Waals surface area contributed by atoms with E-state index in [1.807, 2.05) is 24.3 Å². The minimum Gasteiger partial charge on any atom is -0.322 e. The number of tetrazole rings is 1. The Morgan fingerprint density at radius 1 is 1.06 bits per heavy atom. The second kappa shape index (κ2) is 10.1. The molecule has 182 valence electrons. The van der Waals surface area contributed by atoms with Gasteiger partial charge in [-0.3, -0.25) is 9.69 Å². The molecule has 1 fully saturated rings. The summed E-state index contributed by atoms with van der Waals surface area (Å²) in [4.78, 5) is 18.6. The lowest BCUT2D eigenvalue weighted by Crippen LogP contribution is -2.35. The average molecular weight is 471 g/mol. The number of pyridine rings is 1. The molecule has 2 heterocycles. The predicted octanol–water partition coefficient (Wildman–Crippen LogP) is 5.34. The Balaban J connectivity index is 1.56. The Morgan fingerprint density at radius 2 is 1.83 bits per heavy atom. The Bertz CT molecular complexity index is 1340. The zero-order valence-electron chi connectivity index (χ0n) is 20.8. The van der Waals surface area contributed by atoms with Gasteiger partial charge in [-0.1, -0.05) is 68.7 Å². The highest BCUT2D eigenvalue weighted by Gasteiger charge is 2.32. The van der Waals surface area contributed by atoms with Crippen LogP contribution in [0.4, 0.5) is 0 Å². The van der Waals surface area contributed by atoms with E-state index in [1.54, 1.807) is 0 Å². The number of aromatic amines is 1. The van der Waals surface area contributed by atoms with Crippen LogP contribution in [0.1, 0.15) is 74.1 Å². The zero-order valence-corrected chi connectivity index (χ0v) is 20.8. The Labute approximate surface area is 206 Å². The fraction of sp³-hybridized carbons (Fsp3) is 0.429. The minimum absolute atomic E-state index is 0.0292. The normalized spacial score (nSPS) is 15.5. The van der Waals surface area contributed by atoms with Crippen LogP contribution < -0.4 is 5.56 Å². The van der Waals surface area contributed by atoms with Gasteiger partial charge in [0.2, 0.25) is 0 Å². The Hall–Kier alpha value is -3.32. The Kier molecular flexibility index (Phi) is 6.77. The molecule has 1 saturated carbocycles. The molecule has 1 unspecified atom stereocenters. The molecular formula is C28H34N6O. The van der Waals surface area contributed by atoms with E-state index < -0.39 is 0 Å². The molecule has 7 heteroatoms. The first-order valence-corrected chi connectivity index (χ1v) is 12.7. The third kappa shape index (κ3) is 5.05. The van der Waals surface area contributed by atoms with E-state index >= 15 is 0 Å². The van der Waals surface area contributed by atoms with E-state index in [1.165, 1.54) is 24.0 Å². The number of fused-ring (bicyclic) bond motifs is 1. The number of H-pyrrole nitrogens is 1. The van der Waals surface area contributed by atoms with Crippen molar-refractivity contribution >= 4 is 10.9 Å². The number of nitrogens with zero attached hydrogens (tertiary/aromatic N) is 5. The fourth-order valence-corrected chi connectivity index (χ4v) is 5.47. The number of nitrogens with one attached hydrogen (secondary N) is 1. The van der Waals surface area contributed by atoms with Crippen molar-refractivity contribution in [2.24, 2.45) is 5.92 Å².